The van der Waals surface area contributed by atoms with E-state index in [1.165, 1.54) is 11.1 Å². The molecule has 3 aromatic heterocycles. The number of nitrogens with zero attached hydrogens (tertiary/aromatic N) is 5. The first-order valence-electron chi connectivity index (χ1n) is 12.5. The van der Waals surface area contributed by atoms with Crippen molar-refractivity contribution in [3.05, 3.63) is 70.6 Å². The fraction of sp³-hybridized carbons (Fsp3) is 0.370. The molecular formula is C27H29N7O2. The van der Waals surface area contributed by atoms with E-state index in [1.54, 1.807) is 12.4 Å². The number of morpholine rings is 1. The summed E-state index contributed by atoms with van der Waals surface area (Å²) in [4.78, 5) is 36.4. The molecule has 5 heterocycles. The van der Waals surface area contributed by atoms with Crippen molar-refractivity contribution >= 4 is 17.1 Å². The highest BCUT2D eigenvalue weighted by Crippen LogP contribution is 2.34. The zero-order valence-electron chi connectivity index (χ0n) is 20.5. The fourth-order valence-corrected chi connectivity index (χ4v) is 5.13. The zero-order chi connectivity index (χ0) is 24.6. The molecular weight excluding hydrogens is 454 g/mol. The highest BCUT2D eigenvalue weighted by Gasteiger charge is 2.28. The lowest BCUT2D eigenvalue weighted by Gasteiger charge is -2.34. The van der Waals surface area contributed by atoms with Crippen molar-refractivity contribution < 1.29 is 9.53 Å². The van der Waals surface area contributed by atoms with Gasteiger partial charge in [-0.25, -0.2) is 19.9 Å². The maximum absolute atomic E-state index is 13.2. The van der Waals surface area contributed by atoms with Crippen molar-refractivity contribution in [1.82, 2.24) is 35.1 Å². The third-order valence-electron chi connectivity index (χ3n) is 7.13. The van der Waals surface area contributed by atoms with E-state index in [4.69, 9.17) is 9.72 Å². The number of amides is 1. The lowest BCUT2D eigenvalue weighted by Crippen LogP contribution is -2.39. The Balaban J connectivity index is 1.39. The number of fused-ring (bicyclic) bond motifs is 2. The minimum atomic E-state index is -0.0422. The van der Waals surface area contributed by atoms with E-state index in [1.807, 2.05) is 24.2 Å². The van der Waals surface area contributed by atoms with Crippen LogP contribution in [0.2, 0.25) is 0 Å². The number of aromatic nitrogens is 5. The second-order valence-electron chi connectivity index (χ2n) is 9.40. The van der Waals surface area contributed by atoms with Crippen LogP contribution in [-0.2, 0) is 24.1 Å². The smallest absolute Gasteiger partial charge is 0.257 e. The molecule has 184 valence electrons. The molecule has 6 rings (SSSR count). The number of hydrogen-bond donors (Lipinski definition) is 2. The summed E-state index contributed by atoms with van der Waals surface area (Å²) in [6, 6.07) is 4.47. The number of aryl methyl sites for hydroxylation is 2. The molecule has 0 bridgehead atoms. The van der Waals surface area contributed by atoms with Gasteiger partial charge in [0.15, 0.2) is 5.65 Å². The number of ether oxygens (including phenoxy) is 1. The standard InChI is InChI=1S/C27H29N7O2/c1-3-17-10-31-26-25(17)33-23(13-32-26)19-8-18-4-6-34(27(35)20-11-29-16(2)30-12-20)14-22(18)21(9-19)24-15-36-7-5-28-24/h8-13,24,28H,3-7,14-15H2,1-2H3,(H,31,32)/t24-/m0/s1. The van der Waals surface area contributed by atoms with Gasteiger partial charge in [-0.2, -0.15) is 0 Å². The second kappa shape index (κ2) is 9.40. The first kappa shape index (κ1) is 22.8. The number of nitrogens with one attached hydrogen (secondary N) is 2. The fourth-order valence-electron chi connectivity index (χ4n) is 5.13. The van der Waals surface area contributed by atoms with Gasteiger partial charge in [-0.05, 0) is 54.2 Å². The maximum atomic E-state index is 13.2. The van der Waals surface area contributed by atoms with Crippen molar-refractivity contribution in [2.24, 2.45) is 0 Å². The SMILES string of the molecule is CCc1c[nH]c2ncc(-c3cc4c(c([C@@H]5COCCN5)c3)CN(C(=O)c3cnc(C)nc3)CC4)nc12. The molecule has 0 saturated carbocycles. The van der Waals surface area contributed by atoms with Gasteiger partial charge in [-0.1, -0.05) is 6.92 Å². The van der Waals surface area contributed by atoms with Gasteiger partial charge < -0.3 is 19.9 Å². The number of hydrogen-bond acceptors (Lipinski definition) is 7. The minimum absolute atomic E-state index is 0.0422. The van der Waals surface area contributed by atoms with Crippen LogP contribution in [-0.4, -0.2) is 62.0 Å². The summed E-state index contributed by atoms with van der Waals surface area (Å²) in [5.41, 5.74) is 8.89. The van der Waals surface area contributed by atoms with Crippen LogP contribution in [0.25, 0.3) is 22.4 Å². The van der Waals surface area contributed by atoms with E-state index in [9.17, 15) is 4.79 Å². The molecule has 2 N–H and O–H groups in total. The molecule has 2 aliphatic rings. The monoisotopic (exact) mass is 483 g/mol. The molecule has 2 aliphatic heterocycles. The third kappa shape index (κ3) is 4.14. The predicted octanol–water partition coefficient (Wildman–Crippen LogP) is 3.15. The second-order valence-corrected chi connectivity index (χ2v) is 9.40. The van der Waals surface area contributed by atoms with Crippen molar-refractivity contribution in [3.63, 3.8) is 0 Å². The average molecular weight is 484 g/mol. The van der Waals surface area contributed by atoms with Crippen molar-refractivity contribution in [2.75, 3.05) is 26.3 Å². The molecule has 9 nitrogen and oxygen atoms in total. The van der Waals surface area contributed by atoms with Crippen molar-refractivity contribution in [3.8, 4) is 11.3 Å². The van der Waals surface area contributed by atoms with Gasteiger partial charge >= 0.3 is 0 Å². The highest BCUT2D eigenvalue weighted by molar-refractivity contribution is 5.93. The van der Waals surface area contributed by atoms with Gasteiger partial charge in [-0.15, -0.1) is 0 Å². The molecule has 0 radical (unpaired) electrons. The maximum Gasteiger partial charge on any atom is 0.257 e. The van der Waals surface area contributed by atoms with Crippen LogP contribution in [0.3, 0.4) is 0 Å². The summed E-state index contributed by atoms with van der Waals surface area (Å²) < 4.78 is 5.81. The number of carbonyl (C=O) groups excluding carboxylic acids is 1. The van der Waals surface area contributed by atoms with Gasteiger partial charge in [0.1, 0.15) is 11.3 Å². The number of aromatic amines is 1. The Kier molecular flexibility index (Phi) is 5.94. The van der Waals surface area contributed by atoms with Crippen LogP contribution >= 0.6 is 0 Å². The average Bonchev–Trinajstić information content (AvgIpc) is 3.35. The molecule has 9 heteroatoms. The Morgan fingerprint density at radius 1 is 1.19 bits per heavy atom. The van der Waals surface area contributed by atoms with Crippen LogP contribution in [0.1, 0.15) is 51.4 Å². The topological polar surface area (TPSA) is 109 Å². The lowest BCUT2D eigenvalue weighted by atomic mass is 9.88. The van der Waals surface area contributed by atoms with Gasteiger partial charge in [0, 0.05) is 43.8 Å². The van der Waals surface area contributed by atoms with Gasteiger partial charge in [0.2, 0.25) is 0 Å². The quantitative estimate of drug-likeness (QED) is 0.459. The van der Waals surface area contributed by atoms with Crippen LogP contribution in [0, 0.1) is 6.92 Å². The highest BCUT2D eigenvalue weighted by atomic mass is 16.5. The minimum Gasteiger partial charge on any atom is -0.378 e. The lowest BCUT2D eigenvalue weighted by molar-refractivity contribution is 0.0715. The first-order valence-corrected chi connectivity index (χ1v) is 12.5. The van der Waals surface area contributed by atoms with E-state index < -0.39 is 0 Å². The molecule has 0 aliphatic carbocycles. The number of benzene rings is 1. The Labute approximate surface area is 209 Å². The Hall–Kier alpha value is -3.69. The van der Waals surface area contributed by atoms with Crippen LogP contribution in [0.4, 0.5) is 0 Å². The first-order chi connectivity index (χ1) is 17.6. The molecule has 1 fully saturated rings. The van der Waals surface area contributed by atoms with Crippen LogP contribution in [0.5, 0.6) is 0 Å². The normalized spacial score (nSPS) is 17.8. The molecule has 0 spiro atoms. The van der Waals surface area contributed by atoms with Crippen molar-refractivity contribution in [2.45, 2.75) is 39.3 Å². The number of carbonyl (C=O) groups is 1. The molecule has 1 atom stereocenters. The third-order valence-corrected chi connectivity index (χ3v) is 7.13. The molecule has 0 unspecified atom stereocenters. The summed E-state index contributed by atoms with van der Waals surface area (Å²) in [5.74, 6) is 0.611. The molecule has 36 heavy (non-hydrogen) atoms. The van der Waals surface area contributed by atoms with Gasteiger partial charge in [0.05, 0.1) is 36.7 Å². The number of H-pyrrole nitrogens is 1. The van der Waals surface area contributed by atoms with Crippen LogP contribution in [0.15, 0.2) is 36.9 Å². The van der Waals surface area contributed by atoms with E-state index in [-0.39, 0.29) is 11.9 Å². The number of rotatable bonds is 4. The molecule has 1 amide bonds. The summed E-state index contributed by atoms with van der Waals surface area (Å²) in [5, 5.41) is 3.60. The molecule has 4 aromatic rings. The summed E-state index contributed by atoms with van der Waals surface area (Å²) in [6.07, 6.45) is 8.71. The van der Waals surface area contributed by atoms with E-state index in [2.05, 4.69) is 44.3 Å². The Bertz CT molecular complexity index is 1420. The zero-order valence-corrected chi connectivity index (χ0v) is 20.5. The van der Waals surface area contributed by atoms with Crippen molar-refractivity contribution in [1.29, 1.82) is 0 Å². The van der Waals surface area contributed by atoms with Gasteiger partial charge in [-0.3, -0.25) is 4.79 Å². The summed E-state index contributed by atoms with van der Waals surface area (Å²) >= 11 is 0. The van der Waals surface area contributed by atoms with Crippen LogP contribution < -0.4 is 5.32 Å². The molecule has 1 saturated heterocycles. The predicted molar refractivity (Wildman–Crippen MR) is 135 cm³/mol. The van der Waals surface area contributed by atoms with E-state index in [0.29, 0.717) is 37.7 Å². The Morgan fingerprint density at radius 2 is 2.06 bits per heavy atom. The van der Waals surface area contributed by atoms with E-state index >= 15 is 0 Å². The Morgan fingerprint density at radius 3 is 2.83 bits per heavy atom. The largest absolute Gasteiger partial charge is 0.378 e. The van der Waals surface area contributed by atoms with E-state index in [0.717, 1.165) is 52.9 Å². The van der Waals surface area contributed by atoms with Gasteiger partial charge in [0.25, 0.3) is 5.91 Å². The summed E-state index contributed by atoms with van der Waals surface area (Å²) in [6.45, 7) is 7.21. The summed E-state index contributed by atoms with van der Waals surface area (Å²) in [7, 11) is 0. The molecule has 1 aromatic carbocycles.